The lowest BCUT2D eigenvalue weighted by atomic mass is 10.1. The molecule has 2 aromatic rings. The predicted octanol–water partition coefficient (Wildman–Crippen LogP) is 2.89. The first-order chi connectivity index (χ1) is 9.59. The van der Waals surface area contributed by atoms with Gasteiger partial charge in [0.25, 0.3) is 5.69 Å². The van der Waals surface area contributed by atoms with Crippen LogP contribution in [0.4, 0.5) is 5.69 Å². The number of hydrogen-bond donors (Lipinski definition) is 0. The fourth-order valence-corrected chi connectivity index (χ4v) is 1.91. The second-order valence-corrected chi connectivity index (χ2v) is 4.39. The van der Waals surface area contributed by atoms with Gasteiger partial charge < -0.3 is 9.53 Å². The van der Waals surface area contributed by atoms with Crippen LogP contribution in [0.5, 0.6) is 5.75 Å². The van der Waals surface area contributed by atoms with Crippen LogP contribution in [0.1, 0.15) is 19.8 Å². The van der Waals surface area contributed by atoms with E-state index >= 15 is 0 Å². The first-order valence-corrected chi connectivity index (χ1v) is 6.24. The highest BCUT2D eigenvalue weighted by Gasteiger charge is 2.15. The Kier molecular flexibility index (Phi) is 4.24. The molecule has 0 aliphatic rings. The van der Waals surface area contributed by atoms with Crippen molar-refractivity contribution in [2.45, 2.75) is 19.8 Å². The number of pyridine rings is 1. The van der Waals surface area contributed by atoms with Gasteiger partial charge in [0, 0.05) is 24.1 Å². The van der Waals surface area contributed by atoms with E-state index < -0.39 is 4.92 Å². The van der Waals surface area contributed by atoms with Crippen LogP contribution in [0.2, 0.25) is 0 Å². The van der Waals surface area contributed by atoms with Crippen molar-refractivity contribution in [3.8, 4) is 5.75 Å². The summed E-state index contributed by atoms with van der Waals surface area (Å²) in [5.41, 5.74) is 0.262. The predicted molar refractivity (Wildman–Crippen MR) is 73.8 cm³/mol. The van der Waals surface area contributed by atoms with E-state index in [1.165, 1.54) is 19.2 Å². The SMILES string of the molecule is CC(=O)CCCOc1ccc([N+](=O)[O-])c2ncccc12. The molecule has 0 fully saturated rings. The molecule has 0 aliphatic carbocycles. The van der Waals surface area contributed by atoms with Crippen molar-refractivity contribution in [1.82, 2.24) is 4.98 Å². The molecule has 0 amide bonds. The number of carbonyl (C=O) groups excluding carboxylic acids is 1. The van der Waals surface area contributed by atoms with E-state index in [1.54, 1.807) is 18.2 Å². The number of nitrogens with zero attached hydrogens (tertiary/aromatic N) is 2. The van der Waals surface area contributed by atoms with Gasteiger partial charge in [0.05, 0.1) is 11.5 Å². The number of aromatic nitrogens is 1. The van der Waals surface area contributed by atoms with Crippen LogP contribution in [0, 0.1) is 10.1 Å². The van der Waals surface area contributed by atoms with Gasteiger partial charge in [0.15, 0.2) is 5.52 Å². The molecule has 1 aromatic heterocycles. The maximum atomic E-state index is 10.9. The fourth-order valence-electron chi connectivity index (χ4n) is 1.91. The summed E-state index contributed by atoms with van der Waals surface area (Å²) in [6.45, 7) is 1.92. The van der Waals surface area contributed by atoms with Gasteiger partial charge in [-0.15, -0.1) is 0 Å². The first kappa shape index (κ1) is 13.9. The quantitative estimate of drug-likeness (QED) is 0.459. The Morgan fingerprint density at radius 3 is 2.90 bits per heavy atom. The minimum atomic E-state index is -0.463. The number of rotatable bonds is 6. The average molecular weight is 274 g/mol. The molecule has 0 atom stereocenters. The zero-order valence-electron chi connectivity index (χ0n) is 11.0. The molecule has 1 aromatic carbocycles. The lowest BCUT2D eigenvalue weighted by molar-refractivity contribution is -0.383. The Balaban J connectivity index is 2.24. The Morgan fingerprint density at radius 1 is 1.40 bits per heavy atom. The molecule has 104 valence electrons. The van der Waals surface area contributed by atoms with Gasteiger partial charge >= 0.3 is 0 Å². The monoisotopic (exact) mass is 274 g/mol. The molecule has 0 radical (unpaired) electrons. The number of carbonyl (C=O) groups is 1. The minimum absolute atomic E-state index is 0.0447. The van der Waals surface area contributed by atoms with Gasteiger partial charge in [-0.25, -0.2) is 4.98 Å². The lowest BCUT2D eigenvalue weighted by Gasteiger charge is -2.08. The van der Waals surface area contributed by atoms with Crippen molar-refractivity contribution >= 4 is 22.4 Å². The summed E-state index contributed by atoms with van der Waals surface area (Å²) in [4.78, 5) is 25.4. The van der Waals surface area contributed by atoms with Gasteiger partial charge in [-0.05, 0) is 31.5 Å². The number of benzene rings is 1. The van der Waals surface area contributed by atoms with Gasteiger partial charge in [-0.3, -0.25) is 10.1 Å². The molecule has 0 unspecified atom stereocenters. The largest absolute Gasteiger partial charge is 0.493 e. The van der Waals surface area contributed by atoms with E-state index in [4.69, 9.17) is 4.74 Å². The van der Waals surface area contributed by atoms with E-state index in [9.17, 15) is 14.9 Å². The molecule has 20 heavy (non-hydrogen) atoms. The van der Waals surface area contributed by atoms with Crippen LogP contribution in [0.15, 0.2) is 30.5 Å². The van der Waals surface area contributed by atoms with Crippen LogP contribution in [0.3, 0.4) is 0 Å². The first-order valence-electron chi connectivity index (χ1n) is 6.24. The zero-order valence-corrected chi connectivity index (χ0v) is 11.0. The molecule has 1 heterocycles. The van der Waals surface area contributed by atoms with Crippen LogP contribution in [-0.4, -0.2) is 22.3 Å². The molecule has 0 N–H and O–H groups in total. The van der Waals surface area contributed by atoms with Crippen LogP contribution >= 0.6 is 0 Å². The molecular formula is C14H14N2O4. The molecule has 0 saturated carbocycles. The third-order valence-corrected chi connectivity index (χ3v) is 2.84. The van der Waals surface area contributed by atoms with Crippen molar-refractivity contribution in [2.24, 2.45) is 0 Å². The van der Waals surface area contributed by atoms with Crippen molar-refractivity contribution in [2.75, 3.05) is 6.61 Å². The summed E-state index contributed by atoms with van der Waals surface area (Å²) in [7, 11) is 0. The van der Waals surface area contributed by atoms with E-state index in [0.29, 0.717) is 36.1 Å². The number of ketones is 1. The van der Waals surface area contributed by atoms with Gasteiger partial charge in [-0.1, -0.05) is 0 Å². The molecule has 6 heteroatoms. The summed E-state index contributed by atoms with van der Waals surface area (Å²) < 4.78 is 5.59. The molecule has 6 nitrogen and oxygen atoms in total. The van der Waals surface area contributed by atoms with Gasteiger partial charge in [-0.2, -0.15) is 0 Å². The third kappa shape index (κ3) is 3.09. The summed E-state index contributed by atoms with van der Waals surface area (Å²) in [6, 6.07) is 6.38. The average Bonchev–Trinajstić information content (AvgIpc) is 2.43. The van der Waals surface area contributed by atoms with E-state index in [-0.39, 0.29) is 11.5 Å². The highest BCUT2D eigenvalue weighted by molar-refractivity contribution is 5.91. The number of non-ortho nitro benzene ring substituents is 1. The molecule has 2 rings (SSSR count). The lowest BCUT2D eigenvalue weighted by Crippen LogP contribution is -2.01. The highest BCUT2D eigenvalue weighted by atomic mass is 16.6. The summed E-state index contributed by atoms with van der Waals surface area (Å²) >= 11 is 0. The number of nitro benzene ring substituents is 1. The van der Waals surface area contributed by atoms with Crippen molar-refractivity contribution in [1.29, 1.82) is 0 Å². The number of fused-ring (bicyclic) bond motifs is 1. The van der Waals surface area contributed by atoms with Crippen LogP contribution in [0.25, 0.3) is 10.9 Å². The van der Waals surface area contributed by atoms with Gasteiger partial charge in [0.1, 0.15) is 11.5 Å². The molecular weight excluding hydrogens is 260 g/mol. The second-order valence-electron chi connectivity index (χ2n) is 4.39. The fraction of sp³-hybridized carbons (Fsp3) is 0.286. The van der Waals surface area contributed by atoms with E-state index in [0.717, 1.165) is 0 Å². The third-order valence-electron chi connectivity index (χ3n) is 2.84. The maximum Gasteiger partial charge on any atom is 0.295 e. The zero-order chi connectivity index (χ0) is 14.5. The van der Waals surface area contributed by atoms with Crippen molar-refractivity contribution in [3.63, 3.8) is 0 Å². The number of nitro groups is 1. The topological polar surface area (TPSA) is 82.3 Å². The van der Waals surface area contributed by atoms with Crippen molar-refractivity contribution < 1.29 is 14.5 Å². The normalized spacial score (nSPS) is 10.4. The summed E-state index contributed by atoms with van der Waals surface area (Å²) in [6.07, 6.45) is 2.59. The number of Topliss-reactive ketones (excluding diaryl/α,β-unsaturated/α-hetero) is 1. The number of hydrogen-bond acceptors (Lipinski definition) is 5. The molecule has 0 aliphatic heterocycles. The summed E-state index contributed by atoms with van der Waals surface area (Å²) in [5, 5.41) is 11.6. The van der Waals surface area contributed by atoms with E-state index in [2.05, 4.69) is 4.98 Å². The van der Waals surface area contributed by atoms with Crippen LogP contribution < -0.4 is 4.74 Å². The molecule has 0 spiro atoms. The Bertz CT molecular complexity index is 655. The highest BCUT2D eigenvalue weighted by Crippen LogP contribution is 2.31. The standard InChI is InChI=1S/C14H14N2O4/c1-10(17)4-3-9-20-13-7-6-12(16(18)19)14-11(13)5-2-8-15-14/h2,5-8H,3-4,9H2,1H3. The molecule has 0 saturated heterocycles. The maximum absolute atomic E-state index is 10.9. The van der Waals surface area contributed by atoms with E-state index in [1.807, 2.05) is 0 Å². The summed E-state index contributed by atoms with van der Waals surface area (Å²) in [5.74, 6) is 0.658. The molecule has 0 bridgehead atoms. The second kappa shape index (κ2) is 6.10. The minimum Gasteiger partial charge on any atom is -0.493 e. The smallest absolute Gasteiger partial charge is 0.295 e. The number of ether oxygens (including phenoxy) is 1. The Labute approximate surface area is 115 Å². The van der Waals surface area contributed by atoms with Gasteiger partial charge in [0.2, 0.25) is 0 Å². The van der Waals surface area contributed by atoms with Crippen LogP contribution in [-0.2, 0) is 4.79 Å². The van der Waals surface area contributed by atoms with Crippen molar-refractivity contribution in [3.05, 3.63) is 40.6 Å². The Morgan fingerprint density at radius 2 is 2.20 bits per heavy atom. The Hall–Kier alpha value is -2.50.